The second-order valence-electron chi connectivity index (χ2n) is 7.72. The summed E-state index contributed by atoms with van der Waals surface area (Å²) in [6, 6.07) is 6.50. The van der Waals surface area contributed by atoms with Gasteiger partial charge in [-0.1, -0.05) is 0 Å². The van der Waals surface area contributed by atoms with Crippen LogP contribution in [0.4, 0.5) is 17.6 Å². The molecule has 0 bridgehead atoms. The van der Waals surface area contributed by atoms with Crippen LogP contribution >= 0.6 is 0 Å². The maximum atomic E-state index is 14.0. The van der Waals surface area contributed by atoms with Crippen LogP contribution in [-0.2, 0) is 10.0 Å². The molecule has 0 amide bonds. The molecule has 1 aromatic carbocycles. The lowest BCUT2D eigenvalue weighted by atomic mass is 9.92. The molecule has 168 valence electrons. The largest absolute Gasteiger partial charge is 0.404 e. The number of pyridine rings is 1. The monoisotopic (exact) mass is 466 g/mol. The quantitative estimate of drug-likeness (QED) is 0.554. The highest BCUT2D eigenvalue weighted by Crippen LogP contribution is 2.42. The Bertz CT molecular complexity index is 1320. The average molecular weight is 466 g/mol. The van der Waals surface area contributed by atoms with Gasteiger partial charge in [-0.3, -0.25) is 4.98 Å². The van der Waals surface area contributed by atoms with E-state index in [0.717, 1.165) is 31.5 Å². The smallest absolute Gasteiger partial charge is 0.335 e. The van der Waals surface area contributed by atoms with Crippen molar-refractivity contribution in [2.45, 2.75) is 49.3 Å². The minimum Gasteiger partial charge on any atom is -0.335 e. The summed E-state index contributed by atoms with van der Waals surface area (Å²) < 4.78 is 80.3. The Kier molecular flexibility index (Phi) is 5.46. The van der Waals surface area contributed by atoms with Crippen molar-refractivity contribution in [1.82, 2.24) is 14.3 Å². The molecular formula is C21H18F4N4O2S. The van der Waals surface area contributed by atoms with Crippen LogP contribution in [0.3, 0.4) is 0 Å². The number of nitrogens with one attached hydrogen (secondary N) is 1. The van der Waals surface area contributed by atoms with E-state index >= 15 is 0 Å². The van der Waals surface area contributed by atoms with Crippen LogP contribution in [0, 0.1) is 17.1 Å². The van der Waals surface area contributed by atoms with Gasteiger partial charge in [-0.05, 0) is 56.5 Å². The fourth-order valence-corrected chi connectivity index (χ4v) is 4.89. The highest BCUT2D eigenvalue weighted by Gasteiger charge is 2.39. The van der Waals surface area contributed by atoms with Gasteiger partial charge in [0.15, 0.2) is 0 Å². The number of rotatable bonds is 5. The van der Waals surface area contributed by atoms with E-state index in [1.165, 1.54) is 24.3 Å². The highest BCUT2D eigenvalue weighted by molar-refractivity contribution is 7.89. The van der Waals surface area contributed by atoms with Gasteiger partial charge in [-0.25, -0.2) is 12.8 Å². The Hall–Kier alpha value is -2.97. The molecule has 2 heterocycles. The molecule has 0 aliphatic heterocycles. The number of hydrogen-bond acceptors (Lipinski definition) is 4. The van der Waals surface area contributed by atoms with E-state index in [-0.39, 0.29) is 17.3 Å². The predicted octanol–water partition coefficient (Wildman–Crippen LogP) is 4.67. The summed E-state index contributed by atoms with van der Waals surface area (Å²) in [5, 5.41) is 10.3. The number of nitriles is 1. The lowest BCUT2D eigenvalue weighted by molar-refractivity contribution is -0.147. The molecule has 1 aliphatic carbocycles. The molecular weight excluding hydrogens is 448 g/mol. The van der Waals surface area contributed by atoms with Gasteiger partial charge in [-0.15, -0.1) is 0 Å². The Morgan fingerprint density at radius 3 is 2.50 bits per heavy atom. The lowest BCUT2D eigenvalue weighted by Crippen LogP contribution is -2.42. The Balaban J connectivity index is 1.80. The van der Waals surface area contributed by atoms with Crippen molar-refractivity contribution in [2.24, 2.45) is 0 Å². The minimum atomic E-state index is -4.73. The first-order valence-corrected chi connectivity index (χ1v) is 11.3. The molecule has 1 N–H and O–H groups in total. The number of alkyl halides is 3. The van der Waals surface area contributed by atoms with Gasteiger partial charge in [0.2, 0.25) is 10.0 Å². The SMILES string of the molecule is C[C@H](NS(=O)(=O)c1ccc(-c2c(C#N)c3ccc(F)cc3n2C2CCC2)nc1)C(F)(F)F. The normalized spacial score (nSPS) is 16.0. The van der Waals surface area contributed by atoms with E-state index < -0.39 is 33.0 Å². The number of fused-ring (bicyclic) bond motifs is 1. The molecule has 0 spiro atoms. The number of sulfonamides is 1. The second-order valence-corrected chi connectivity index (χ2v) is 9.43. The van der Waals surface area contributed by atoms with E-state index in [0.29, 0.717) is 23.5 Å². The maximum Gasteiger partial charge on any atom is 0.404 e. The molecule has 32 heavy (non-hydrogen) atoms. The molecule has 2 aromatic heterocycles. The zero-order valence-corrected chi connectivity index (χ0v) is 17.6. The van der Waals surface area contributed by atoms with Crippen molar-refractivity contribution in [3.05, 3.63) is 47.9 Å². The van der Waals surface area contributed by atoms with Gasteiger partial charge < -0.3 is 4.57 Å². The van der Waals surface area contributed by atoms with Crippen molar-refractivity contribution in [2.75, 3.05) is 0 Å². The maximum absolute atomic E-state index is 14.0. The summed E-state index contributed by atoms with van der Waals surface area (Å²) in [6.45, 7) is 0.703. The minimum absolute atomic E-state index is 0.0379. The number of hydrogen-bond donors (Lipinski definition) is 1. The van der Waals surface area contributed by atoms with Gasteiger partial charge in [-0.2, -0.15) is 23.2 Å². The van der Waals surface area contributed by atoms with Crippen molar-refractivity contribution in [3.63, 3.8) is 0 Å². The van der Waals surface area contributed by atoms with Gasteiger partial charge >= 0.3 is 6.18 Å². The first-order chi connectivity index (χ1) is 15.0. The molecule has 4 rings (SSSR count). The third-order valence-corrected chi connectivity index (χ3v) is 7.16. The summed E-state index contributed by atoms with van der Waals surface area (Å²) in [7, 11) is -4.46. The van der Waals surface area contributed by atoms with Gasteiger partial charge in [0.25, 0.3) is 0 Å². The Labute approximate surface area is 181 Å². The third-order valence-electron chi connectivity index (χ3n) is 5.63. The third kappa shape index (κ3) is 3.84. The van der Waals surface area contributed by atoms with Crippen LogP contribution in [0.5, 0.6) is 0 Å². The molecule has 1 saturated carbocycles. The first-order valence-electron chi connectivity index (χ1n) is 9.82. The second kappa shape index (κ2) is 7.86. The molecule has 0 unspecified atom stereocenters. The first kappa shape index (κ1) is 22.2. The molecule has 0 saturated heterocycles. The summed E-state index contributed by atoms with van der Waals surface area (Å²) in [4.78, 5) is 3.71. The average Bonchev–Trinajstić information content (AvgIpc) is 2.99. The Morgan fingerprint density at radius 1 is 1.25 bits per heavy atom. The van der Waals surface area contributed by atoms with Crippen molar-refractivity contribution in [3.8, 4) is 17.5 Å². The van der Waals surface area contributed by atoms with E-state index in [4.69, 9.17) is 0 Å². The Morgan fingerprint density at radius 2 is 1.97 bits per heavy atom. The predicted molar refractivity (Wildman–Crippen MR) is 109 cm³/mol. The number of aromatic nitrogens is 2. The van der Waals surface area contributed by atoms with Crippen molar-refractivity contribution in [1.29, 1.82) is 5.26 Å². The molecule has 1 atom stereocenters. The fourth-order valence-electron chi connectivity index (χ4n) is 3.72. The van der Waals surface area contributed by atoms with Gasteiger partial charge in [0, 0.05) is 17.6 Å². The van der Waals surface area contributed by atoms with Gasteiger partial charge in [0.1, 0.15) is 22.8 Å². The fraction of sp³-hybridized carbons (Fsp3) is 0.333. The van der Waals surface area contributed by atoms with Crippen LogP contribution < -0.4 is 4.72 Å². The molecule has 11 heteroatoms. The zero-order chi connectivity index (χ0) is 23.3. The lowest BCUT2D eigenvalue weighted by Gasteiger charge is -2.30. The van der Waals surface area contributed by atoms with Crippen LogP contribution in [0.25, 0.3) is 22.3 Å². The van der Waals surface area contributed by atoms with E-state index in [1.807, 2.05) is 4.57 Å². The summed E-state index contributed by atoms with van der Waals surface area (Å²) in [5.74, 6) is -0.453. The van der Waals surface area contributed by atoms with Crippen molar-refractivity contribution >= 4 is 20.9 Å². The number of halogens is 4. The highest BCUT2D eigenvalue weighted by atomic mass is 32.2. The molecule has 1 aliphatic rings. The van der Waals surface area contributed by atoms with E-state index in [1.54, 1.807) is 4.72 Å². The number of nitrogens with zero attached hydrogens (tertiary/aromatic N) is 3. The van der Waals surface area contributed by atoms with Crippen LogP contribution in [-0.4, -0.2) is 30.2 Å². The summed E-state index contributed by atoms with van der Waals surface area (Å²) in [6.07, 6.45) is -1.13. The molecule has 6 nitrogen and oxygen atoms in total. The summed E-state index contributed by atoms with van der Waals surface area (Å²) in [5.41, 5.74) is 1.52. The molecule has 1 fully saturated rings. The molecule has 0 radical (unpaired) electrons. The van der Waals surface area contributed by atoms with Crippen LogP contribution in [0.15, 0.2) is 41.4 Å². The van der Waals surface area contributed by atoms with Crippen LogP contribution in [0.2, 0.25) is 0 Å². The summed E-state index contributed by atoms with van der Waals surface area (Å²) >= 11 is 0. The van der Waals surface area contributed by atoms with Crippen LogP contribution in [0.1, 0.15) is 37.8 Å². The van der Waals surface area contributed by atoms with Gasteiger partial charge in [0.05, 0.1) is 22.5 Å². The zero-order valence-electron chi connectivity index (χ0n) is 16.8. The molecule has 3 aromatic rings. The van der Waals surface area contributed by atoms with Crippen molar-refractivity contribution < 1.29 is 26.0 Å². The van der Waals surface area contributed by atoms with E-state index in [2.05, 4.69) is 11.1 Å². The topological polar surface area (TPSA) is 87.8 Å². The number of benzene rings is 1. The van der Waals surface area contributed by atoms with E-state index in [9.17, 15) is 31.2 Å². The standard InChI is InChI=1S/C21H18F4N4O2S/c1-12(21(23,24)25)28-32(30,31)15-6-8-18(27-11-15)20-17(10-26)16-7-5-13(22)9-19(16)29(20)14-3-2-4-14/h5-9,11-12,14,28H,2-4H2,1H3/t12-/m0/s1.